The number of rotatable bonds is 15. The molecule has 2 atom stereocenters. The Morgan fingerprint density at radius 2 is 1.43 bits per heavy atom. The quantitative estimate of drug-likeness (QED) is 0.0579. The summed E-state index contributed by atoms with van der Waals surface area (Å²) in [7, 11) is -4.59. The van der Waals surface area contributed by atoms with Crippen molar-refractivity contribution in [3.63, 3.8) is 0 Å². The van der Waals surface area contributed by atoms with Gasteiger partial charge in [-0.05, 0) is 42.6 Å². The summed E-state index contributed by atoms with van der Waals surface area (Å²) in [6.07, 6.45) is -0.519. The van der Waals surface area contributed by atoms with E-state index in [0.29, 0.717) is 30.5 Å². The number of nitrogens with zero attached hydrogens (tertiary/aromatic N) is 1. The number of aliphatic hydroxyl groups is 1. The maximum absolute atomic E-state index is 14.2. The summed E-state index contributed by atoms with van der Waals surface area (Å²) >= 11 is 0. The van der Waals surface area contributed by atoms with Crippen molar-refractivity contribution in [1.29, 1.82) is 5.41 Å². The van der Waals surface area contributed by atoms with Crippen LogP contribution in [0.2, 0.25) is 0 Å². The average Bonchev–Trinajstić information content (AvgIpc) is 3.06. The molecule has 3 aromatic rings. The van der Waals surface area contributed by atoms with Gasteiger partial charge in [-0.3, -0.25) is 19.8 Å². The number of ether oxygens (including phenoxy) is 1. The zero-order valence-corrected chi connectivity index (χ0v) is 26.3. The number of nitrogens with two attached hydrogens (primary N) is 4. The van der Waals surface area contributed by atoms with Gasteiger partial charge in [-0.1, -0.05) is 67.1 Å². The van der Waals surface area contributed by atoms with Crippen LogP contribution in [-0.4, -0.2) is 73.2 Å². The Hall–Kier alpha value is -4.80. The molecule has 0 radical (unpaired) electrons. The molecule has 0 bridgehead atoms. The lowest BCUT2D eigenvalue weighted by molar-refractivity contribution is -0.128. The number of nitrogen functional groups attached to an aromatic ring is 1. The van der Waals surface area contributed by atoms with E-state index in [9.17, 15) is 32.7 Å². The van der Waals surface area contributed by atoms with Gasteiger partial charge in [0.05, 0.1) is 40.5 Å². The van der Waals surface area contributed by atoms with Crippen molar-refractivity contribution in [3.8, 4) is 0 Å². The predicted molar refractivity (Wildman–Crippen MR) is 173 cm³/mol. The zero-order valence-electron chi connectivity index (χ0n) is 25.5. The van der Waals surface area contributed by atoms with Crippen LogP contribution in [-0.2, 0) is 31.7 Å². The highest BCUT2D eigenvalue weighted by atomic mass is 32.2. The minimum Gasteiger partial charge on any atom is -0.444 e. The molecule has 3 rings (SSSR count). The molecular formula is C32H38N6O8S. The molecule has 0 spiro atoms. The molecule has 0 heterocycles. The lowest BCUT2D eigenvalue weighted by Gasteiger charge is -2.25. The van der Waals surface area contributed by atoms with Crippen LogP contribution in [0.4, 0.5) is 4.79 Å². The number of amides is 3. The number of Topliss-reactive ketones (excluding diaryl/α,β-unsaturated/α-hetero) is 1. The molecular weight excluding hydrogens is 628 g/mol. The van der Waals surface area contributed by atoms with Crippen LogP contribution in [0.15, 0.2) is 77.7 Å². The van der Waals surface area contributed by atoms with E-state index in [1.54, 1.807) is 48.5 Å². The average molecular weight is 667 g/mol. The van der Waals surface area contributed by atoms with E-state index >= 15 is 0 Å². The van der Waals surface area contributed by atoms with Crippen molar-refractivity contribution in [1.82, 2.24) is 4.90 Å². The predicted octanol–water partition coefficient (Wildman–Crippen LogP) is 1.21. The van der Waals surface area contributed by atoms with Gasteiger partial charge in [0, 0.05) is 5.56 Å². The Labute approximate surface area is 272 Å². The van der Waals surface area contributed by atoms with Crippen molar-refractivity contribution in [3.05, 3.63) is 101 Å². The largest absolute Gasteiger partial charge is 0.444 e. The van der Waals surface area contributed by atoms with Gasteiger partial charge in [0.15, 0.2) is 15.6 Å². The molecule has 0 aliphatic carbocycles. The lowest BCUT2D eigenvalue weighted by Crippen LogP contribution is -2.50. The molecule has 250 valence electrons. The van der Waals surface area contributed by atoms with Crippen LogP contribution >= 0.6 is 0 Å². The molecule has 14 nitrogen and oxygen atoms in total. The highest BCUT2D eigenvalue weighted by Crippen LogP contribution is 2.30. The number of amidine groups is 1. The molecule has 0 aromatic heterocycles. The fourth-order valence-electron chi connectivity index (χ4n) is 4.65. The monoisotopic (exact) mass is 666 g/mol. The van der Waals surface area contributed by atoms with Crippen LogP contribution in [0.5, 0.6) is 0 Å². The summed E-state index contributed by atoms with van der Waals surface area (Å²) in [5, 5.41) is 17.8. The summed E-state index contributed by atoms with van der Waals surface area (Å²) in [5.74, 6) is -5.29. The Morgan fingerprint density at radius 3 is 1.98 bits per heavy atom. The van der Waals surface area contributed by atoms with E-state index in [0.717, 1.165) is 12.1 Å². The Morgan fingerprint density at radius 1 is 0.851 bits per heavy atom. The highest BCUT2D eigenvalue weighted by Gasteiger charge is 2.40. The summed E-state index contributed by atoms with van der Waals surface area (Å²) in [6.45, 7) is -0.995. The third-order valence-corrected chi connectivity index (χ3v) is 8.83. The fourth-order valence-corrected chi connectivity index (χ4v) is 6.46. The second-order valence-corrected chi connectivity index (χ2v) is 12.5. The van der Waals surface area contributed by atoms with Gasteiger partial charge in [0.2, 0.25) is 0 Å². The van der Waals surface area contributed by atoms with E-state index < -0.39 is 85.4 Å². The van der Waals surface area contributed by atoms with Gasteiger partial charge in [-0.25, -0.2) is 13.2 Å². The van der Waals surface area contributed by atoms with Gasteiger partial charge in [-0.2, -0.15) is 4.90 Å². The molecule has 0 unspecified atom stereocenters. The molecule has 3 aromatic carbocycles. The number of nitrogens with one attached hydrogen (secondary N) is 1. The Kier molecular flexibility index (Phi) is 13.0. The number of ketones is 1. The molecule has 3 amide bonds. The Balaban J connectivity index is 2.25. The first-order valence-electron chi connectivity index (χ1n) is 14.6. The molecule has 0 fully saturated rings. The van der Waals surface area contributed by atoms with E-state index in [4.69, 9.17) is 33.1 Å². The molecule has 0 saturated carbocycles. The van der Waals surface area contributed by atoms with Crippen molar-refractivity contribution in [2.45, 2.75) is 48.6 Å². The van der Waals surface area contributed by atoms with Gasteiger partial charge in [0.25, 0.3) is 11.8 Å². The summed E-state index contributed by atoms with van der Waals surface area (Å²) in [4.78, 5) is 54.2. The summed E-state index contributed by atoms with van der Waals surface area (Å²) < 4.78 is 33.2. The number of hydrogen-bond donors (Lipinski definition) is 6. The molecule has 10 N–H and O–H groups in total. The second kappa shape index (κ2) is 16.7. The SMILES string of the molecule is N=C(N)c1ccc(C(=O)N(C(=O)OCc2ccccc2)C(=O)[C@@H](N)CCCCN)c(C(=O)[C@H](N)CO)c1S(=O)(=O)Cc1ccccc1. The van der Waals surface area contributed by atoms with Gasteiger partial charge in [-0.15, -0.1) is 0 Å². The molecule has 47 heavy (non-hydrogen) atoms. The van der Waals surface area contributed by atoms with Crippen LogP contribution in [0.25, 0.3) is 0 Å². The molecule has 0 aliphatic rings. The van der Waals surface area contributed by atoms with Crippen molar-refractivity contribution in [2.24, 2.45) is 22.9 Å². The van der Waals surface area contributed by atoms with E-state index in [-0.39, 0.29) is 17.9 Å². The van der Waals surface area contributed by atoms with Gasteiger partial charge >= 0.3 is 6.09 Å². The lowest BCUT2D eigenvalue weighted by atomic mass is 9.95. The smallest absolute Gasteiger partial charge is 0.424 e. The number of hydrogen-bond acceptors (Lipinski definition) is 12. The first kappa shape index (κ1) is 36.7. The highest BCUT2D eigenvalue weighted by molar-refractivity contribution is 7.90. The zero-order chi connectivity index (χ0) is 34.7. The third-order valence-electron chi connectivity index (χ3n) is 7.07. The number of carbonyl (C=O) groups excluding carboxylic acids is 4. The van der Waals surface area contributed by atoms with Crippen molar-refractivity contribution < 1.29 is 37.4 Å². The summed E-state index contributed by atoms with van der Waals surface area (Å²) in [5.41, 5.74) is 22.0. The third kappa shape index (κ3) is 9.15. The van der Waals surface area contributed by atoms with Crippen LogP contribution in [0, 0.1) is 5.41 Å². The second-order valence-electron chi connectivity index (χ2n) is 10.6. The van der Waals surface area contributed by atoms with E-state index in [1.165, 1.54) is 12.1 Å². The van der Waals surface area contributed by atoms with Crippen LogP contribution < -0.4 is 22.9 Å². The first-order chi connectivity index (χ1) is 22.3. The van der Waals surface area contributed by atoms with Gasteiger partial charge < -0.3 is 32.8 Å². The summed E-state index contributed by atoms with van der Waals surface area (Å²) in [6, 6.07) is 15.1. The molecule has 15 heteroatoms. The normalized spacial score (nSPS) is 12.5. The topological polar surface area (TPSA) is 263 Å². The minimum atomic E-state index is -4.59. The Bertz CT molecular complexity index is 1720. The van der Waals surface area contributed by atoms with E-state index in [2.05, 4.69) is 0 Å². The number of sulfone groups is 1. The van der Waals surface area contributed by atoms with Gasteiger partial charge in [0.1, 0.15) is 12.4 Å². The number of benzene rings is 3. The maximum atomic E-state index is 14.2. The number of carbonyl (C=O) groups is 4. The van der Waals surface area contributed by atoms with Crippen LogP contribution in [0.1, 0.15) is 56.7 Å². The molecule has 0 aliphatic heterocycles. The molecule has 0 saturated heterocycles. The number of unbranched alkanes of at least 4 members (excludes halogenated alkanes) is 1. The van der Waals surface area contributed by atoms with E-state index in [1.807, 2.05) is 0 Å². The first-order valence-corrected chi connectivity index (χ1v) is 16.2. The standard InChI is InChI=1S/C32H38N6O8S/c33-16-8-7-13-24(34)31(42)38(32(43)46-18-20-9-3-1-4-10-20)30(41)22-14-15-23(29(36)37)28(26(22)27(40)25(35)17-39)47(44,45)19-21-11-5-2-6-12-21/h1-6,9-12,14-15,24-25,39H,7-8,13,16-19,33-35H2,(H3,36,37)/t24-,25+/m0/s1. The van der Waals surface area contributed by atoms with Crippen LogP contribution in [0.3, 0.4) is 0 Å². The van der Waals surface area contributed by atoms with Crippen molar-refractivity contribution >= 4 is 39.4 Å². The number of aliphatic hydroxyl groups excluding tert-OH is 1. The number of imide groups is 3. The maximum Gasteiger partial charge on any atom is 0.424 e. The fraction of sp³-hybridized carbons (Fsp3) is 0.281. The minimum absolute atomic E-state index is 0.0347. The van der Waals surface area contributed by atoms with Crippen molar-refractivity contribution in [2.75, 3.05) is 13.2 Å².